The smallest absolute Gasteiger partial charge is 0.361 e. The highest BCUT2D eigenvalue weighted by molar-refractivity contribution is 7.20. The lowest BCUT2D eigenvalue weighted by Gasteiger charge is -2.02. The van der Waals surface area contributed by atoms with Crippen LogP contribution in [0.1, 0.15) is 21.0 Å². The van der Waals surface area contributed by atoms with E-state index in [0.717, 1.165) is 10.2 Å². The standard InChI is InChI=1S/C13H10N4O4S/c1-20-11(18)9-10(12(19)21-2)17(16-15-9)13-14-7-5-3-4-6-8(7)22-13/h3-6H,1-2H3. The molecular weight excluding hydrogens is 308 g/mol. The molecule has 3 aromatic rings. The van der Waals surface area contributed by atoms with Gasteiger partial charge in [0.1, 0.15) is 0 Å². The van der Waals surface area contributed by atoms with Gasteiger partial charge in [-0.3, -0.25) is 0 Å². The van der Waals surface area contributed by atoms with Crippen LogP contribution in [0.15, 0.2) is 24.3 Å². The van der Waals surface area contributed by atoms with Crippen LogP contribution in [0.2, 0.25) is 0 Å². The number of hydrogen-bond donors (Lipinski definition) is 0. The van der Waals surface area contributed by atoms with Crippen LogP contribution in [0.25, 0.3) is 15.3 Å². The number of benzene rings is 1. The molecule has 0 N–H and O–H groups in total. The first kappa shape index (κ1) is 14.1. The molecule has 0 unspecified atom stereocenters. The first-order valence-corrected chi connectivity index (χ1v) is 6.95. The molecule has 0 radical (unpaired) electrons. The van der Waals surface area contributed by atoms with E-state index in [2.05, 4.69) is 20.0 Å². The predicted octanol–water partition coefficient (Wildman–Crippen LogP) is 1.45. The van der Waals surface area contributed by atoms with Crippen LogP contribution < -0.4 is 0 Å². The van der Waals surface area contributed by atoms with E-state index in [-0.39, 0.29) is 11.4 Å². The quantitative estimate of drug-likeness (QED) is 0.674. The number of carbonyl (C=O) groups excluding carboxylic acids is 2. The summed E-state index contributed by atoms with van der Waals surface area (Å²) in [4.78, 5) is 28.1. The van der Waals surface area contributed by atoms with Crippen LogP contribution >= 0.6 is 11.3 Å². The summed E-state index contributed by atoms with van der Waals surface area (Å²) in [6.45, 7) is 0. The predicted molar refractivity (Wildman–Crippen MR) is 77.2 cm³/mol. The number of para-hydroxylation sites is 1. The number of methoxy groups -OCH3 is 2. The third-order valence-corrected chi connectivity index (χ3v) is 3.90. The molecule has 0 aliphatic heterocycles. The molecule has 2 heterocycles. The third-order valence-electron chi connectivity index (χ3n) is 2.89. The number of aromatic nitrogens is 4. The molecule has 0 amide bonds. The summed E-state index contributed by atoms with van der Waals surface area (Å²) in [6, 6.07) is 7.47. The maximum absolute atomic E-state index is 12.0. The van der Waals surface area contributed by atoms with Gasteiger partial charge in [-0.2, -0.15) is 4.68 Å². The fraction of sp³-hybridized carbons (Fsp3) is 0.154. The van der Waals surface area contributed by atoms with Gasteiger partial charge >= 0.3 is 11.9 Å². The first-order chi connectivity index (χ1) is 10.7. The molecule has 0 fully saturated rings. The Labute approximate surface area is 128 Å². The molecule has 0 atom stereocenters. The molecule has 112 valence electrons. The second-order valence-corrected chi connectivity index (χ2v) is 5.15. The molecule has 0 aliphatic carbocycles. The van der Waals surface area contributed by atoms with Crippen molar-refractivity contribution in [2.75, 3.05) is 14.2 Å². The molecule has 0 aliphatic rings. The van der Waals surface area contributed by atoms with E-state index in [1.165, 1.54) is 30.2 Å². The molecule has 0 spiro atoms. The Kier molecular flexibility index (Phi) is 3.55. The van der Waals surface area contributed by atoms with E-state index in [1.807, 2.05) is 24.3 Å². The van der Waals surface area contributed by atoms with Crippen LogP contribution in [-0.2, 0) is 9.47 Å². The van der Waals surface area contributed by atoms with E-state index in [9.17, 15) is 9.59 Å². The summed E-state index contributed by atoms with van der Waals surface area (Å²) in [6.07, 6.45) is 0. The topological polar surface area (TPSA) is 96.2 Å². The molecule has 0 saturated carbocycles. The monoisotopic (exact) mass is 318 g/mol. The van der Waals surface area contributed by atoms with Gasteiger partial charge in [-0.05, 0) is 12.1 Å². The van der Waals surface area contributed by atoms with E-state index in [1.54, 1.807) is 0 Å². The van der Waals surface area contributed by atoms with Gasteiger partial charge in [-0.15, -0.1) is 5.10 Å². The Morgan fingerprint density at radius 2 is 1.86 bits per heavy atom. The molecule has 9 heteroatoms. The van der Waals surface area contributed by atoms with Gasteiger partial charge in [0.2, 0.25) is 10.8 Å². The lowest BCUT2D eigenvalue weighted by Crippen LogP contribution is -2.15. The van der Waals surface area contributed by atoms with Crippen molar-refractivity contribution >= 4 is 33.5 Å². The number of hydrogen-bond acceptors (Lipinski definition) is 8. The number of fused-ring (bicyclic) bond motifs is 1. The zero-order chi connectivity index (χ0) is 15.7. The average molecular weight is 318 g/mol. The van der Waals surface area contributed by atoms with Gasteiger partial charge < -0.3 is 9.47 Å². The van der Waals surface area contributed by atoms with E-state index >= 15 is 0 Å². The summed E-state index contributed by atoms with van der Waals surface area (Å²) in [5.74, 6) is -1.52. The van der Waals surface area contributed by atoms with Gasteiger partial charge in [0.05, 0.1) is 24.4 Å². The largest absolute Gasteiger partial charge is 0.464 e. The lowest BCUT2D eigenvalue weighted by atomic mass is 10.3. The Hall–Kier alpha value is -2.81. The number of nitrogens with zero attached hydrogens (tertiary/aromatic N) is 4. The number of thiazole rings is 1. The highest BCUT2D eigenvalue weighted by atomic mass is 32.1. The third kappa shape index (κ3) is 2.21. The molecule has 1 aromatic carbocycles. The van der Waals surface area contributed by atoms with Crippen LogP contribution in [-0.4, -0.2) is 46.1 Å². The second-order valence-electron chi connectivity index (χ2n) is 4.15. The van der Waals surface area contributed by atoms with Gasteiger partial charge in [0.15, 0.2) is 5.69 Å². The van der Waals surface area contributed by atoms with Crippen molar-refractivity contribution in [1.82, 2.24) is 20.0 Å². The van der Waals surface area contributed by atoms with E-state index < -0.39 is 11.9 Å². The zero-order valence-electron chi connectivity index (χ0n) is 11.6. The Morgan fingerprint density at radius 3 is 2.55 bits per heavy atom. The van der Waals surface area contributed by atoms with Crippen molar-refractivity contribution in [2.45, 2.75) is 0 Å². The highest BCUT2D eigenvalue weighted by Gasteiger charge is 2.28. The fourth-order valence-corrected chi connectivity index (χ4v) is 2.80. The Balaban J connectivity index is 2.19. The number of rotatable bonds is 3. The number of carbonyl (C=O) groups is 2. The molecule has 2 aromatic heterocycles. The van der Waals surface area contributed by atoms with Crippen molar-refractivity contribution in [3.8, 4) is 5.13 Å². The second kappa shape index (κ2) is 5.53. The molecule has 22 heavy (non-hydrogen) atoms. The maximum Gasteiger partial charge on any atom is 0.361 e. The average Bonchev–Trinajstić information content (AvgIpc) is 3.16. The van der Waals surface area contributed by atoms with Crippen LogP contribution in [0.5, 0.6) is 0 Å². The SMILES string of the molecule is COC(=O)c1nnn(-c2nc3ccccc3s2)c1C(=O)OC. The van der Waals surface area contributed by atoms with Crippen LogP contribution in [0.4, 0.5) is 0 Å². The van der Waals surface area contributed by atoms with Gasteiger partial charge in [0.25, 0.3) is 0 Å². The summed E-state index contributed by atoms with van der Waals surface area (Å²) >= 11 is 1.31. The Bertz CT molecular complexity index is 837. The molecule has 3 rings (SSSR count). The van der Waals surface area contributed by atoms with Crippen molar-refractivity contribution < 1.29 is 19.1 Å². The molecule has 0 bridgehead atoms. The first-order valence-electron chi connectivity index (χ1n) is 6.14. The zero-order valence-corrected chi connectivity index (χ0v) is 12.5. The van der Waals surface area contributed by atoms with Crippen molar-refractivity contribution in [3.05, 3.63) is 35.7 Å². The van der Waals surface area contributed by atoms with Crippen LogP contribution in [0, 0.1) is 0 Å². The molecule has 8 nitrogen and oxygen atoms in total. The summed E-state index contributed by atoms with van der Waals surface area (Å²) in [5.41, 5.74) is 0.426. The van der Waals surface area contributed by atoms with Crippen molar-refractivity contribution in [1.29, 1.82) is 0 Å². The molecular formula is C13H10N4O4S. The van der Waals surface area contributed by atoms with Gasteiger partial charge in [-0.1, -0.05) is 28.7 Å². The summed E-state index contributed by atoms with van der Waals surface area (Å²) in [5, 5.41) is 7.95. The number of esters is 2. The maximum atomic E-state index is 12.0. The van der Waals surface area contributed by atoms with E-state index in [0.29, 0.717) is 5.13 Å². The minimum absolute atomic E-state index is 0.117. The van der Waals surface area contributed by atoms with Gasteiger partial charge in [0, 0.05) is 0 Å². The van der Waals surface area contributed by atoms with Crippen molar-refractivity contribution in [3.63, 3.8) is 0 Å². The minimum atomic E-state index is -0.771. The fourth-order valence-electron chi connectivity index (χ4n) is 1.88. The highest BCUT2D eigenvalue weighted by Crippen LogP contribution is 2.25. The summed E-state index contributed by atoms with van der Waals surface area (Å²) in [7, 11) is 2.40. The summed E-state index contributed by atoms with van der Waals surface area (Å²) < 4.78 is 11.4. The van der Waals surface area contributed by atoms with Crippen LogP contribution in [0.3, 0.4) is 0 Å². The van der Waals surface area contributed by atoms with Gasteiger partial charge in [-0.25, -0.2) is 14.6 Å². The minimum Gasteiger partial charge on any atom is -0.464 e. The normalized spacial score (nSPS) is 10.6. The van der Waals surface area contributed by atoms with Crippen molar-refractivity contribution in [2.24, 2.45) is 0 Å². The lowest BCUT2D eigenvalue weighted by molar-refractivity contribution is 0.0546. The van der Waals surface area contributed by atoms with E-state index in [4.69, 9.17) is 4.74 Å². The Morgan fingerprint density at radius 1 is 1.14 bits per heavy atom. The molecule has 0 saturated heterocycles. The number of ether oxygens (including phenoxy) is 2.